The number of sulfonamides is 1. The smallest absolute Gasteiger partial charge is 0.307 e. The number of hydrogen-bond donors (Lipinski definition) is 0. The van der Waals surface area contributed by atoms with Crippen LogP contribution < -0.4 is 9.08 Å². The topological polar surface area (TPSA) is 137 Å². The van der Waals surface area contributed by atoms with E-state index in [0.29, 0.717) is 51.0 Å². The van der Waals surface area contributed by atoms with Crippen molar-refractivity contribution in [1.29, 1.82) is 0 Å². The molecular weight excluding hydrogens is 412 g/mol. The molecule has 0 saturated carbocycles. The van der Waals surface area contributed by atoms with Crippen molar-refractivity contribution < 1.29 is 25.8 Å². The number of anilines is 1. The van der Waals surface area contributed by atoms with Gasteiger partial charge in [-0.05, 0) is 0 Å². The zero-order chi connectivity index (χ0) is 20.1. The molecule has 0 atom stereocenters. The Balaban J connectivity index is 1.75. The van der Waals surface area contributed by atoms with Crippen LogP contribution >= 0.6 is 0 Å². The van der Waals surface area contributed by atoms with Crippen molar-refractivity contribution in [2.24, 2.45) is 0 Å². The summed E-state index contributed by atoms with van der Waals surface area (Å²) in [6.45, 7) is 2.73. The lowest BCUT2D eigenvalue weighted by molar-refractivity contribution is 0.122. The molecular formula is C14H20N6O6S2. The highest BCUT2D eigenvalue weighted by molar-refractivity contribution is 7.88. The van der Waals surface area contributed by atoms with Crippen molar-refractivity contribution in [2.45, 2.75) is 6.04 Å². The molecule has 2 aromatic heterocycles. The highest BCUT2D eigenvalue weighted by Gasteiger charge is 2.36. The number of rotatable bonds is 5. The maximum absolute atomic E-state index is 11.7. The Labute approximate surface area is 162 Å². The number of morpholine rings is 1. The van der Waals surface area contributed by atoms with Crippen LogP contribution in [0.15, 0.2) is 6.33 Å². The Bertz CT molecular complexity index is 1100. The zero-order valence-corrected chi connectivity index (χ0v) is 17.0. The van der Waals surface area contributed by atoms with Crippen LogP contribution in [0.1, 0.15) is 6.04 Å². The van der Waals surface area contributed by atoms with Crippen molar-refractivity contribution in [2.75, 3.05) is 56.8 Å². The molecule has 0 aliphatic carbocycles. The molecule has 0 unspecified atom stereocenters. The molecule has 2 fully saturated rings. The second-order valence-corrected chi connectivity index (χ2v) is 10.3. The number of hydrogen-bond acceptors (Lipinski definition) is 10. The minimum absolute atomic E-state index is 0.146. The molecule has 0 radical (unpaired) electrons. The second-order valence-electron chi connectivity index (χ2n) is 6.77. The molecule has 4 rings (SSSR count). The normalized spacial score (nSPS) is 19.7. The summed E-state index contributed by atoms with van der Waals surface area (Å²) in [6, 6.07) is -0.154. The molecule has 154 valence electrons. The van der Waals surface area contributed by atoms with E-state index in [2.05, 4.69) is 15.0 Å². The van der Waals surface area contributed by atoms with Gasteiger partial charge >= 0.3 is 10.1 Å². The predicted octanol–water partition coefficient (Wildman–Crippen LogP) is -1.18. The quantitative estimate of drug-likeness (QED) is 0.531. The van der Waals surface area contributed by atoms with E-state index in [1.807, 2.05) is 4.90 Å². The van der Waals surface area contributed by atoms with E-state index in [-0.39, 0.29) is 17.4 Å². The molecule has 2 saturated heterocycles. The number of imidazole rings is 1. The van der Waals surface area contributed by atoms with E-state index in [1.54, 1.807) is 4.57 Å². The number of ether oxygens (including phenoxy) is 1. The molecule has 2 aromatic rings. The maximum atomic E-state index is 11.7. The summed E-state index contributed by atoms with van der Waals surface area (Å²) >= 11 is 0. The Morgan fingerprint density at radius 2 is 1.79 bits per heavy atom. The van der Waals surface area contributed by atoms with Gasteiger partial charge in [0.05, 0.1) is 38.1 Å². The minimum Gasteiger partial charge on any atom is -0.378 e. The minimum atomic E-state index is -3.82. The summed E-state index contributed by atoms with van der Waals surface area (Å²) in [6.07, 6.45) is 3.59. The fourth-order valence-corrected chi connectivity index (χ4v) is 4.41. The third kappa shape index (κ3) is 3.76. The van der Waals surface area contributed by atoms with E-state index in [9.17, 15) is 16.8 Å². The molecule has 2 aliphatic rings. The van der Waals surface area contributed by atoms with Gasteiger partial charge in [-0.1, -0.05) is 0 Å². The lowest BCUT2D eigenvalue weighted by Gasteiger charge is -2.37. The van der Waals surface area contributed by atoms with Crippen molar-refractivity contribution in [3.8, 4) is 5.88 Å². The van der Waals surface area contributed by atoms with Gasteiger partial charge in [-0.3, -0.25) is 0 Å². The van der Waals surface area contributed by atoms with Crippen molar-refractivity contribution in [3.63, 3.8) is 0 Å². The van der Waals surface area contributed by atoms with Crippen LogP contribution in [0.5, 0.6) is 5.88 Å². The first-order chi connectivity index (χ1) is 13.1. The van der Waals surface area contributed by atoms with E-state index in [0.717, 1.165) is 12.5 Å². The van der Waals surface area contributed by atoms with E-state index < -0.39 is 20.1 Å². The summed E-state index contributed by atoms with van der Waals surface area (Å²) in [5.41, 5.74) is 0.605. The van der Waals surface area contributed by atoms with Gasteiger partial charge in [-0.25, -0.2) is 13.4 Å². The van der Waals surface area contributed by atoms with E-state index in [1.165, 1.54) is 10.6 Å². The first-order valence-corrected chi connectivity index (χ1v) is 12.2. The van der Waals surface area contributed by atoms with Crippen LogP contribution in [-0.4, -0.2) is 92.6 Å². The SMILES string of the molecule is CS(=O)(=O)Oc1nc(N2CCOCC2)nc2c1ncn2C1CN(S(C)(=O)=O)C1. The number of aromatic nitrogens is 4. The molecule has 14 heteroatoms. The molecule has 0 aromatic carbocycles. The van der Waals surface area contributed by atoms with Gasteiger partial charge < -0.3 is 18.4 Å². The number of nitrogens with zero attached hydrogens (tertiary/aromatic N) is 6. The average Bonchev–Trinajstić information content (AvgIpc) is 2.96. The standard InChI is InChI=1S/C14H20N6O6S2/c1-27(21,22)19-7-10(8-19)20-9-15-11-12(20)16-14(18-3-5-25-6-4-18)17-13(11)26-28(2,23)24/h9-10H,3-8H2,1-2H3. The fraction of sp³-hybridized carbons (Fsp3) is 0.643. The van der Waals surface area contributed by atoms with Crippen LogP contribution in [0.4, 0.5) is 5.95 Å². The lowest BCUT2D eigenvalue weighted by Crippen LogP contribution is -2.50. The average molecular weight is 432 g/mol. The van der Waals surface area contributed by atoms with Crippen molar-refractivity contribution >= 4 is 37.3 Å². The van der Waals surface area contributed by atoms with Gasteiger partial charge in [0, 0.05) is 26.2 Å². The predicted molar refractivity (Wildman–Crippen MR) is 99.3 cm³/mol. The summed E-state index contributed by atoms with van der Waals surface area (Å²) in [5, 5.41) is 0. The highest BCUT2D eigenvalue weighted by atomic mass is 32.2. The first-order valence-electron chi connectivity index (χ1n) is 8.54. The monoisotopic (exact) mass is 432 g/mol. The van der Waals surface area contributed by atoms with Gasteiger partial charge in [0.15, 0.2) is 11.2 Å². The maximum Gasteiger partial charge on any atom is 0.307 e. The fourth-order valence-electron chi connectivity index (χ4n) is 3.12. The van der Waals surface area contributed by atoms with E-state index >= 15 is 0 Å². The molecule has 0 bridgehead atoms. The first kappa shape index (κ1) is 19.3. The Hall–Kier alpha value is -2.03. The summed E-state index contributed by atoms with van der Waals surface area (Å²) in [4.78, 5) is 14.9. The zero-order valence-electron chi connectivity index (χ0n) is 15.3. The molecule has 0 amide bonds. The largest absolute Gasteiger partial charge is 0.378 e. The molecule has 0 spiro atoms. The van der Waals surface area contributed by atoms with Gasteiger partial charge in [0.2, 0.25) is 16.0 Å². The third-order valence-electron chi connectivity index (χ3n) is 4.59. The van der Waals surface area contributed by atoms with Gasteiger partial charge in [0.1, 0.15) is 0 Å². The Morgan fingerprint density at radius 3 is 2.39 bits per heavy atom. The van der Waals surface area contributed by atoms with Gasteiger partial charge in [-0.15, -0.1) is 0 Å². The van der Waals surface area contributed by atoms with Gasteiger partial charge in [-0.2, -0.15) is 22.7 Å². The molecule has 28 heavy (non-hydrogen) atoms. The Morgan fingerprint density at radius 1 is 1.11 bits per heavy atom. The summed E-state index contributed by atoms with van der Waals surface area (Å²) < 4.78 is 60.1. The van der Waals surface area contributed by atoms with Crippen molar-refractivity contribution in [1.82, 2.24) is 23.8 Å². The third-order valence-corrected chi connectivity index (χ3v) is 6.29. The van der Waals surface area contributed by atoms with Crippen LogP contribution in [0, 0.1) is 0 Å². The number of fused-ring (bicyclic) bond motifs is 1. The summed E-state index contributed by atoms with van der Waals surface area (Å²) in [5.74, 6) is 0.169. The Kier molecular flexibility index (Phi) is 4.68. The van der Waals surface area contributed by atoms with Crippen LogP contribution in [0.2, 0.25) is 0 Å². The van der Waals surface area contributed by atoms with E-state index in [4.69, 9.17) is 8.92 Å². The molecule has 4 heterocycles. The molecule has 2 aliphatic heterocycles. The van der Waals surface area contributed by atoms with Crippen molar-refractivity contribution in [3.05, 3.63) is 6.33 Å². The second kappa shape index (κ2) is 6.79. The lowest BCUT2D eigenvalue weighted by atomic mass is 10.2. The van der Waals surface area contributed by atoms with Gasteiger partial charge in [0.25, 0.3) is 5.88 Å². The molecule has 0 N–H and O–H groups in total. The van der Waals surface area contributed by atoms with Crippen LogP contribution in [-0.2, 0) is 24.9 Å². The summed E-state index contributed by atoms with van der Waals surface area (Å²) in [7, 11) is -7.08. The molecule has 12 nitrogen and oxygen atoms in total. The van der Waals surface area contributed by atoms with Crippen LogP contribution in [0.25, 0.3) is 11.2 Å². The van der Waals surface area contributed by atoms with Crippen LogP contribution in [0.3, 0.4) is 0 Å². The highest BCUT2D eigenvalue weighted by Crippen LogP contribution is 2.31.